The number of hydrogen-bond acceptors (Lipinski definition) is 3. The van der Waals surface area contributed by atoms with E-state index < -0.39 is 0 Å². The summed E-state index contributed by atoms with van der Waals surface area (Å²) in [5.74, 6) is 1.38. The number of rotatable bonds is 7. The van der Waals surface area contributed by atoms with E-state index in [0.29, 0.717) is 47.6 Å². The van der Waals surface area contributed by atoms with Crippen LogP contribution in [0.15, 0.2) is 12.1 Å². The van der Waals surface area contributed by atoms with Crippen molar-refractivity contribution in [3.63, 3.8) is 0 Å². The second kappa shape index (κ2) is 7.44. The average molecular weight is 288 g/mol. The maximum atomic E-state index is 6.20. The molecule has 18 heavy (non-hydrogen) atoms. The standard InChI is InChI=1S/C13H18ClNO2S/c1-3-16-11-7-9(5-6-13(15)18)10(14)8-12(11)17-4-2/h7-8H,3-6H2,1-2H3,(H2,15,18). The first-order valence-electron chi connectivity index (χ1n) is 5.94. The van der Waals surface area contributed by atoms with Crippen molar-refractivity contribution in [1.82, 2.24) is 0 Å². The number of ether oxygens (including phenoxy) is 2. The Morgan fingerprint density at radius 1 is 1.22 bits per heavy atom. The molecule has 0 heterocycles. The second-order valence-corrected chi connectivity index (χ2v) is 4.65. The quantitative estimate of drug-likeness (QED) is 0.781. The fraction of sp³-hybridized carbons (Fsp3) is 0.462. The molecule has 0 spiro atoms. The topological polar surface area (TPSA) is 44.5 Å². The molecule has 1 aromatic carbocycles. The molecule has 0 atom stereocenters. The number of nitrogens with two attached hydrogens (primary N) is 1. The summed E-state index contributed by atoms with van der Waals surface area (Å²) in [4.78, 5) is 0.484. The van der Waals surface area contributed by atoms with Crippen LogP contribution in [0.5, 0.6) is 11.5 Å². The van der Waals surface area contributed by atoms with Crippen molar-refractivity contribution in [2.75, 3.05) is 13.2 Å². The van der Waals surface area contributed by atoms with Gasteiger partial charge in [-0.1, -0.05) is 23.8 Å². The summed E-state index contributed by atoms with van der Waals surface area (Å²) >= 11 is 11.1. The summed E-state index contributed by atoms with van der Waals surface area (Å²) in [5, 5.41) is 0.651. The number of benzene rings is 1. The van der Waals surface area contributed by atoms with Crippen molar-refractivity contribution < 1.29 is 9.47 Å². The average Bonchev–Trinajstić information content (AvgIpc) is 2.31. The van der Waals surface area contributed by atoms with Crippen molar-refractivity contribution in [2.45, 2.75) is 26.7 Å². The van der Waals surface area contributed by atoms with Crippen LogP contribution in [0.25, 0.3) is 0 Å². The van der Waals surface area contributed by atoms with E-state index in [-0.39, 0.29) is 0 Å². The van der Waals surface area contributed by atoms with Crippen LogP contribution >= 0.6 is 23.8 Å². The van der Waals surface area contributed by atoms with Gasteiger partial charge in [-0.15, -0.1) is 0 Å². The monoisotopic (exact) mass is 287 g/mol. The fourth-order valence-electron chi connectivity index (χ4n) is 1.56. The van der Waals surface area contributed by atoms with Gasteiger partial charge in [0.25, 0.3) is 0 Å². The van der Waals surface area contributed by atoms with Crippen LogP contribution in [0.2, 0.25) is 5.02 Å². The molecule has 3 nitrogen and oxygen atoms in total. The van der Waals surface area contributed by atoms with Gasteiger partial charge in [-0.2, -0.15) is 0 Å². The Morgan fingerprint density at radius 3 is 2.28 bits per heavy atom. The molecule has 2 N–H and O–H groups in total. The molecular formula is C13H18ClNO2S. The first kappa shape index (κ1) is 15.1. The van der Waals surface area contributed by atoms with Gasteiger partial charge in [0.2, 0.25) is 0 Å². The van der Waals surface area contributed by atoms with Gasteiger partial charge < -0.3 is 15.2 Å². The molecule has 0 bridgehead atoms. The minimum absolute atomic E-state index is 0.484. The summed E-state index contributed by atoms with van der Waals surface area (Å²) < 4.78 is 11.0. The highest BCUT2D eigenvalue weighted by Gasteiger charge is 2.11. The van der Waals surface area contributed by atoms with Gasteiger partial charge in [-0.05, 0) is 31.9 Å². The largest absolute Gasteiger partial charge is 0.490 e. The SMILES string of the molecule is CCOc1cc(Cl)c(CCC(N)=S)cc1OCC. The summed E-state index contributed by atoms with van der Waals surface area (Å²) in [6.45, 7) is 5.00. The van der Waals surface area contributed by atoms with Crippen molar-refractivity contribution >= 4 is 28.8 Å². The first-order valence-corrected chi connectivity index (χ1v) is 6.73. The number of aryl methyl sites for hydroxylation is 1. The zero-order valence-corrected chi connectivity index (χ0v) is 12.2. The molecule has 100 valence electrons. The number of hydrogen-bond donors (Lipinski definition) is 1. The number of halogens is 1. The van der Waals surface area contributed by atoms with E-state index in [1.807, 2.05) is 19.9 Å². The third-order valence-corrected chi connectivity index (χ3v) is 2.91. The Morgan fingerprint density at radius 2 is 1.78 bits per heavy atom. The lowest BCUT2D eigenvalue weighted by Gasteiger charge is -2.14. The minimum Gasteiger partial charge on any atom is -0.490 e. The Balaban J connectivity index is 2.97. The third-order valence-electron chi connectivity index (χ3n) is 2.35. The lowest BCUT2D eigenvalue weighted by atomic mass is 10.1. The Kier molecular flexibility index (Phi) is 6.22. The van der Waals surface area contributed by atoms with Crippen LogP contribution in [0, 0.1) is 0 Å². The normalized spacial score (nSPS) is 10.2. The van der Waals surface area contributed by atoms with E-state index in [4.69, 9.17) is 39.0 Å². The van der Waals surface area contributed by atoms with E-state index >= 15 is 0 Å². The van der Waals surface area contributed by atoms with Crippen molar-refractivity contribution in [3.05, 3.63) is 22.7 Å². The molecule has 0 aromatic heterocycles. The second-order valence-electron chi connectivity index (χ2n) is 3.72. The van der Waals surface area contributed by atoms with Crippen molar-refractivity contribution in [2.24, 2.45) is 5.73 Å². The van der Waals surface area contributed by atoms with E-state index in [1.165, 1.54) is 0 Å². The molecule has 0 saturated heterocycles. The van der Waals surface area contributed by atoms with Crippen molar-refractivity contribution in [1.29, 1.82) is 0 Å². The zero-order valence-electron chi connectivity index (χ0n) is 10.7. The van der Waals surface area contributed by atoms with Gasteiger partial charge in [0.05, 0.1) is 18.2 Å². The highest BCUT2D eigenvalue weighted by molar-refractivity contribution is 7.80. The molecule has 0 amide bonds. The van der Waals surface area contributed by atoms with Gasteiger partial charge in [0.15, 0.2) is 11.5 Å². The predicted octanol–water partition coefficient (Wildman–Crippen LogP) is 3.36. The molecule has 0 aliphatic rings. The summed E-state index contributed by atoms with van der Waals surface area (Å²) in [7, 11) is 0. The van der Waals surface area contributed by atoms with E-state index in [9.17, 15) is 0 Å². The van der Waals surface area contributed by atoms with Crippen LogP contribution in [0.1, 0.15) is 25.8 Å². The molecule has 0 saturated carbocycles. The molecule has 1 aromatic rings. The van der Waals surface area contributed by atoms with Gasteiger partial charge in [-0.3, -0.25) is 0 Å². The van der Waals surface area contributed by atoms with Gasteiger partial charge in [-0.25, -0.2) is 0 Å². The Hall–Kier alpha value is -1.00. The highest BCUT2D eigenvalue weighted by Crippen LogP contribution is 2.34. The van der Waals surface area contributed by atoms with Crippen molar-refractivity contribution in [3.8, 4) is 11.5 Å². The lowest BCUT2D eigenvalue weighted by molar-refractivity contribution is 0.287. The van der Waals surface area contributed by atoms with E-state index in [2.05, 4.69) is 0 Å². The summed E-state index contributed by atoms with van der Waals surface area (Å²) in [6, 6.07) is 3.68. The van der Waals surface area contributed by atoms with Crippen LogP contribution in [0.4, 0.5) is 0 Å². The molecule has 0 unspecified atom stereocenters. The van der Waals surface area contributed by atoms with Gasteiger partial charge >= 0.3 is 0 Å². The molecular weight excluding hydrogens is 270 g/mol. The predicted molar refractivity (Wildman–Crippen MR) is 78.9 cm³/mol. The summed E-state index contributed by atoms with van der Waals surface area (Å²) in [6.07, 6.45) is 1.34. The Bertz CT molecular complexity index is 424. The van der Waals surface area contributed by atoms with Gasteiger partial charge in [0.1, 0.15) is 0 Å². The smallest absolute Gasteiger partial charge is 0.162 e. The van der Waals surface area contributed by atoms with E-state index in [1.54, 1.807) is 6.07 Å². The zero-order chi connectivity index (χ0) is 13.5. The minimum atomic E-state index is 0.484. The molecule has 0 aliphatic heterocycles. The molecule has 0 fully saturated rings. The van der Waals surface area contributed by atoms with Crippen LogP contribution in [-0.4, -0.2) is 18.2 Å². The fourth-order valence-corrected chi connectivity index (χ4v) is 1.91. The highest BCUT2D eigenvalue weighted by atomic mass is 35.5. The first-order chi connectivity index (χ1) is 8.58. The number of thiocarbonyl (C=S) groups is 1. The van der Waals surface area contributed by atoms with Gasteiger partial charge in [0, 0.05) is 17.5 Å². The maximum Gasteiger partial charge on any atom is 0.162 e. The summed E-state index contributed by atoms with van der Waals surface area (Å²) in [5.41, 5.74) is 6.47. The Labute approximate surface area is 118 Å². The molecule has 1 rings (SSSR count). The molecule has 0 radical (unpaired) electrons. The molecule has 5 heteroatoms. The third kappa shape index (κ3) is 4.35. The maximum absolute atomic E-state index is 6.20. The van der Waals surface area contributed by atoms with Crippen LogP contribution in [0.3, 0.4) is 0 Å². The molecule has 0 aliphatic carbocycles. The van der Waals surface area contributed by atoms with Crippen LogP contribution in [-0.2, 0) is 6.42 Å². The van der Waals surface area contributed by atoms with Crippen LogP contribution < -0.4 is 15.2 Å². The lowest BCUT2D eigenvalue weighted by Crippen LogP contribution is -2.09. The van der Waals surface area contributed by atoms with E-state index in [0.717, 1.165) is 5.56 Å².